The molecule has 0 radical (unpaired) electrons. The molecule has 3 heteroatoms. The molecular weight excluding hydrogens is 474 g/mol. The topological polar surface area (TPSA) is 9.72 Å². The van der Waals surface area contributed by atoms with Crippen LogP contribution in [0.25, 0.3) is 0 Å². The highest BCUT2D eigenvalue weighted by Gasteiger charge is 2.40. The molecule has 0 aromatic heterocycles. The van der Waals surface area contributed by atoms with Crippen molar-refractivity contribution in [2.75, 3.05) is 39.3 Å². The van der Waals surface area contributed by atoms with Gasteiger partial charge in [-0.05, 0) is 135 Å². The van der Waals surface area contributed by atoms with Crippen molar-refractivity contribution in [3.63, 3.8) is 0 Å². The van der Waals surface area contributed by atoms with Gasteiger partial charge in [-0.25, -0.2) is 0 Å². The molecule has 1 atom stereocenters. The molecule has 39 heavy (non-hydrogen) atoms. The van der Waals surface area contributed by atoms with Gasteiger partial charge in [0.25, 0.3) is 0 Å². The SMILES string of the molecule is CC(C)(C)C1CCN(C(C)(C)C)C1.CC(C)(C)C1CCN(C(C)(C)C)CC1.CC(C)(C)C1CN(C(C)(C)C)C1. The Kier molecular flexibility index (Phi) is 12.3. The normalized spacial score (nSPS) is 24.0. The van der Waals surface area contributed by atoms with Gasteiger partial charge in [-0.15, -0.1) is 0 Å². The summed E-state index contributed by atoms with van der Waals surface area (Å²) in [5.41, 5.74) is 2.59. The van der Waals surface area contributed by atoms with Gasteiger partial charge in [-0.2, -0.15) is 0 Å². The van der Waals surface area contributed by atoms with Crippen molar-refractivity contribution >= 4 is 0 Å². The van der Waals surface area contributed by atoms with Crippen LogP contribution in [-0.4, -0.2) is 70.6 Å². The molecule has 0 spiro atoms. The monoisotopic (exact) mass is 550 g/mol. The van der Waals surface area contributed by atoms with E-state index in [0.29, 0.717) is 32.9 Å². The predicted molar refractivity (Wildman–Crippen MR) is 177 cm³/mol. The maximum Gasteiger partial charge on any atom is 0.0125 e. The second kappa shape index (κ2) is 13.0. The van der Waals surface area contributed by atoms with E-state index < -0.39 is 0 Å². The van der Waals surface area contributed by atoms with Gasteiger partial charge in [-0.1, -0.05) is 62.3 Å². The Bertz CT molecular complexity index is 637. The lowest BCUT2D eigenvalue weighted by molar-refractivity contribution is -0.0345. The average molecular weight is 550 g/mol. The van der Waals surface area contributed by atoms with Gasteiger partial charge in [0.2, 0.25) is 0 Å². The Labute approximate surface area is 248 Å². The lowest BCUT2D eigenvalue weighted by Gasteiger charge is -2.52. The van der Waals surface area contributed by atoms with E-state index in [1.807, 2.05) is 0 Å². The van der Waals surface area contributed by atoms with Crippen molar-refractivity contribution in [2.45, 2.75) is 161 Å². The smallest absolute Gasteiger partial charge is 0.0125 e. The van der Waals surface area contributed by atoms with Crippen molar-refractivity contribution < 1.29 is 0 Å². The zero-order chi connectivity index (χ0) is 30.8. The lowest BCUT2D eigenvalue weighted by atomic mass is 9.74. The minimum atomic E-state index is 0.361. The molecule has 0 N–H and O–H groups in total. The first kappa shape index (κ1) is 36.9. The van der Waals surface area contributed by atoms with E-state index in [1.165, 1.54) is 58.5 Å². The Morgan fingerprint density at radius 2 is 0.615 bits per heavy atom. The van der Waals surface area contributed by atoms with Crippen molar-refractivity contribution in [1.29, 1.82) is 0 Å². The van der Waals surface area contributed by atoms with Gasteiger partial charge in [0.1, 0.15) is 0 Å². The lowest BCUT2D eigenvalue weighted by Crippen LogP contribution is -2.59. The zero-order valence-corrected chi connectivity index (χ0v) is 30.4. The summed E-state index contributed by atoms with van der Waals surface area (Å²) in [4.78, 5) is 7.79. The van der Waals surface area contributed by atoms with Crippen LogP contribution in [0.3, 0.4) is 0 Å². The van der Waals surface area contributed by atoms with Crippen LogP contribution >= 0.6 is 0 Å². The van der Waals surface area contributed by atoms with Crippen LogP contribution in [-0.2, 0) is 0 Å². The quantitative estimate of drug-likeness (QED) is 0.298. The first-order chi connectivity index (χ1) is 17.1. The van der Waals surface area contributed by atoms with E-state index in [4.69, 9.17) is 0 Å². The fourth-order valence-corrected chi connectivity index (χ4v) is 6.07. The molecule has 3 saturated heterocycles. The van der Waals surface area contributed by atoms with E-state index in [9.17, 15) is 0 Å². The maximum atomic E-state index is 2.62. The Hall–Kier alpha value is -0.120. The summed E-state index contributed by atoms with van der Waals surface area (Å²) in [6, 6.07) is 0. The summed E-state index contributed by atoms with van der Waals surface area (Å²) in [7, 11) is 0. The van der Waals surface area contributed by atoms with Gasteiger partial charge in [0.15, 0.2) is 0 Å². The highest BCUT2D eigenvalue weighted by atomic mass is 15.2. The molecule has 0 aromatic rings. The minimum absolute atomic E-state index is 0.361. The second-order valence-corrected chi connectivity index (χ2v) is 19.4. The van der Waals surface area contributed by atoms with Crippen molar-refractivity contribution in [3.8, 4) is 0 Å². The van der Waals surface area contributed by atoms with E-state index in [-0.39, 0.29) is 0 Å². The van der Waals surface area contributed by atoms with Crippen LogP contribution in [0.15, 0.2) is 0 Å². The number of nitrogens with zero attached hydrogens (tertiary/aromatic N) is 3. The molecule has 3 rings (SSSR count). The van der Waals surface area contributed by atoms with Crippen LogP contribution in [0.1, 0.15) is 144 Å². The Balaban J connectivity index is 0.000000293. The molecule has 3 aliphatic heterocycles. The molecule has 3 fully saturated rings. The van der Waals surface area contributed by atoms with Gasteiger partial charge in [-0.3, -0.25) is 14.7 Å². The Morgan fingerprint density at radius 3 is 0.872 bits per heavy atom. The van der Waals surface area contributed by atoms with Gasteiger partial charge in [0.05, 0.1) is 0 Å². The minimum Gasteiger partial charge on any atom is -0.298 e. The molecule has 0 bridgehead atoms. The van der Waals surface area contributed by atoms with Crippen molar-refractivity contribution in [2.24, 2.45) is 34.0 Å². The van der Waals surface area contributed by atoms with Gasteiger partial charge < -0.3 is 0 Å². The van der Waals surface area contributed by atoms with Crippen molar-refractivity contribution in [1.82, 2.24) is 14.7 Å². The molecular formula is C36H75N3. The van der Waals surface area contributed by atoms with Crippen molar-refractivity contribution in [3.05, 3.63) is 0 Å². The third-order valence-corrected chi connectivity index (χ3v) is 10.1. The summed E-state index contributed by atoms with van der Waals surface area (Å²) in [5.74, 6) is 2.70. The standard InChI is InChI=1S/C13H27N.C12H25N.C11H23N/c1-12(2,3)11-7-9-14(10-8-11)13(4,5)6;1-11(2,3)10-7-8-13(9-10)12(4,5)6;1-10(2,3)9-7-12(8-9)11(4,5)6/h11H,7-10H2,1-6H3;10H,7-9H2,1-6H3;9H,7-8H2,1-6H3. The molecule has 0 aromatic carbocycles. The van der Waals surface area contributed by atoms with Crippen LogP contribution in [0.5, 0.6) is 0 Å². The number of likely N-dealkylation sites (tertiary alicyclic amines) is 3. The van der Waals surface area contributed by atoms with Crippen LogP contribution in [0, 0.1) is 34.0 Å². The third kappa shape index (κ3) is 12.3. The summed E-state index contributed by atoms with van der Waals surface area (Å²) >= 11 is 0. The zero-order valence-electron chi connectivity index (χ0n) is 30.4. The molecule has 0 amide bonds. The highest BCUT2D eigenvalue weighted by Crippen LogP contribution is 2.38. The van der Waals surface area contributed by atoms with E-state index in [1.54, 1.807) is 0 Å². The molecule has 3 heterocycles. The fraction of sp³-hybridized carbons (Fsp3) is 1.00. The van der Waals surface area contributed by atoms with E-state index in [0.717, 1.165) is 17.8 Å². The molecule has 234 valence electrons. The molecule has 3 nitrogen and oxygen atoms in total. The summed E-state index contributed by atoms with van der Waals surface area (Å²) in [6.07, 6.45) is 4.13. The predicted octanol–water partition coefficient (Wildman–Crippen LogP) is 9.46. The van der Waals surface area contributed by atoms with E-state index >= 15 is 0 Å². The first-order valence-corrected chi connectivity index (χ1v) is 16.4. The van der Waals surface area contributed by atoms with Crippen LogP contribution in [0.2, 0.25) is 0 Å². The number of rotatable bonds is 0. The highest BCUT2D eigenvalue weighted by molar-refractivity contribution is 4.93. The summed E-state index contributed by atoms with van der Waals surface area (Å²) in [6.45, 7) is 49.8. The van der Waals surface area contributed by atoms with E-state index in [2.05, 4.69) is 139 Å². The molecule has 3 aliphatic rings. The Morgan fingerprint density at radius 1 is 0.333 bits per heavy atom. The van der Waals surface area contributed by atoms with Gasteiger partial charge in [0, 0.05) is 36.3 Å². The molecule has 0 aliphatic carbocycles. The summed E-state index contributed by atoms with van der Waals surface area (Å²) in [5, 5.41) is 0. The third-order valence-electron chi connectivity index (χ3n) is 10.1. The number of piperidine rings is 1. The molecule has 0 saturated carbocycles. The molecule has 1 unspecified atom stereocenters. The van der Waals surface area contributed by atoms with Crippen LogP contribution < -0.4 is 0 Å². The number of hydrogen-bond acceptors (Lipinski definition) is 3. The maximum absolute atomic E-state index is 2.62. The number of hydrogen-bond donors (Lipinski definition) is 0. The fourth-order valence-electron chi connectivity index (χ4n) is 6.07. The first-order valence-electron chi connectivity index (χ1n) is 16.4. The van der Waals surface area contributed by atoms with Crippen LogP contribution in [0.4, 0.5) is 0 Å². The second-order valence-electron chi connectivity index (χ2n) is 19.4. The summed E-state index contributed by atoms with van der Waals surface area (Å²) < 4.78 is 0. The van der Waals surface area contributed by atoms with Gasteiger partial charge >= 0.3 is 0 Å². The largest absolute Gasteiger partial charge is 0.298 e. The average Bonchev–Trinajstić information content (AvgIpc) is 3.15.